The number of aliphatic hydroxyl groups is 1. The molecule has 142 valence electrons. The van der Waals surface area contributed by atoms with Crippen LogP contribution in [0.4, 0.5) is 0 Å². The van der Waals surface area contributed by atoms with Crippen LogP contribution in [-0.2, 0) is 9.47 Å². The van der Waals surface area contributed by atoms with Crippen LogP contribution in [0.5, 0.6) is 5.75 Å². The molecule has 3 rings (SSSR count). The first-order chi connectivity index (χ1) is 13.2. The molecule has 1 aromatic heterocycles. The molecule has 0 atom stereocenters. The van der Waals surface area contributed by atoms with Gasteiger partial charge in [-0.25, -0.2) is 4.98 Å². The molecule has 0 saturated heterocycles. The van der Waals surface area contributed by atoms with Crippen LogP contribution in [0.25, 0.3) is 22.4 Å². The van der Waals surface area contributed by atoms with Crippen molar-refractivity contribution in [2.75, 3.05) is 40.1 Å². The number of aliphatic hydroxyl groups excluding tert-OH is 1. The lowest BCUT2D eigenvalue weighted by atomic mass is 10.1. The number of ether oxygens (including phenoxy) is 3. The van der Waals surface area contributed by atoms with Crippen LogP contribution in [0.15, 0.2) is 42.5 Å². The molecule has 0 aliphatic heterocycles. The zero-order valence-electron chi connectivity index (χ0n) is 15.1. The largest absolute Gasteiger partial charge is 0.490 e. The second-order valence-corrected chi connectivity index (χ2v) is 5.85. The lowest BCUT2D eigenvalue weighted by Crippen LogP contribution is -2.10. The molecule has 0 amide bonds. The summed E-state index contributed by atoms with van der Waals surface area (Å²) in [6, 6.07) is 12.7. The van der Waals surface area contributed by atoms with Gasteiger partial charge in [-0.05, 0) is 30.3 Å². The Labute approximate surface area is 156 Å². The highest BCUT2D eigenvalue weighted by atomic mass is 16.5. The number of nitrogens with zero attached hydrogens (tertiary/aromatic N) is 1. The van der Waals surface area contributed by atoms with Crippen LogP contribution in [0, 0.1) is 0 Å². The number of carbonyl (C=O) groups is 1. The van der Waals surface area contributed by atoms with Gasteiger partial charge in [0.05, 0.1) is 36.4 Å². The van der Waals surface area contributed by atoms with Gasteiger partial charge in [-0.1, -0.05) is 12.1 Å². The van der Waals surface area contributed by atoms with Gasteiger partial charge in [0, 0.05) is 12.7 Å². The molecule has 0 bridgehead atoms. The number of aromatic amines is 1. The Kier molecular flexibility index (Phi) is 6.54. The van der Waals surface area contributed by atoms with E-state index in [2.05, 4.69) is 9.97 Å². The minimum absolute atomic E-state index is 0.328. The Bertz CT molecular complexity index is 906. The third-order valence-corrected chi connectivity index (χ3v) is 4.01. The second kappa shape index (κ2) is 9.27. The molecule has 0 unspecified atom stereocenters. The summed E-state index contributed by atoms with van der Waals surface area (Å²) in [5.41, 5.74) is 2.72. The SMILES string of the molecule is COCCOCCOc1ccccc1-c1nc2ccc(C(=O)CO)cc2[nH]1. The number of Topliss-reactive ketones (excluding diaryl/α,β-unsaturated/α-hetero) is 1. The van der Waals surface area contributed by atoms with Crippen molar-refractivity contribution >= 4 is 16.8 Å². The highest BCUT2D eigenvalue weighted by Gasteiger charge is 2.12. The number of rotatable bonds is 10. The van der Waals surface area contributed by atoms with Gasteiger partial charge in [-0.15, -0.1) is 0 Å². The number of aromatic nitrogens is 2. The zero-order chi connectivity index (χ0) is 19.1. The monoisotopic (exact) mass is 370 g/mol. The maximum atomic E-state index is 11.7. The first-order valence-corrected chi connectivity index (χ1v) is 8.65. The van der Waals surface area contributed by atoms with E-state index in [1.165, 1.54) is 0 Å². The summed E-state index contributed by atoms with van der Waals surface area (Å²) in [7, 11) is 1.63. The molecule has 0 saturated carbocycles. The van der Waals surface area contributed by atoms with E-state index >= 15 is 0 Å². The molecule has 1 heterocycles. The smallest absolute Gasteiger partial charge is 0.188 e. The molecular formula is C20H22N2O5. The van der Waals surface area contributed by atoms with Crippen LogP contribution < -0.4 is 4.74 Å². The fourth-order valence-corrected chi connectivity index (χ4v) is 2.64. The molecule has 0 radical (unpaired) electrons. The van der Waals surface area contributed by atoms with Gasteiger partial charge in [0.1, 0.15) is 24.8 Å². The molecule has 7 heteroatoms. The summed E-state index contributed by atoms with van der Waals surface area (Å²) in [5, 5.41) is 9.02. The van der Waals surface area contributed by atoms with Crippen LogP contribution in [0.3, 0.4) is 0 Å². The van der Waals surface area contributed by atoms with Crippen molar-refractivity contribution in [2.45, 2.75) is 0 Å². The number of methoxy groups -OCH3 is 1. The standard InChI is InChI=1S/C20H22N2O5/c1-25-8-9-26-10-11-27-19-5-3-2-4-15(19)20-21-16-7-6-14(18(24)13-23)12-17(16)22-20/h2-7,12,23H,8-11,13H2,1H3,(H,21,22). The number of fused-ring (bicyclic) bond motifs is 1. The van der Waals surface area contributed by atoms with Gasteiger partial charge < -0.3 is 24.3 Å². The number of ketones is 1. The lowest BCUT2D eigenvalue weighted by Gasteiger charge is -2.10. The Morgan fingerprint density at radius 1 is 1.11 bits per heavy atom. The zero-order valence-corrected chi connectivity index (χ0v) is 15.1. The van der Waals surface area contributed by atoms with Gasteiger partial charge in [0.15, 0.2) is 5.78 Å². The molecule has 2 N–H and O–H groups in total. The Hall–Kier alpha value is -2.74. The summed E-state index contributed by atoms with van der Waals surface area (Å²) in [6.07, 6.45) is 0. The number of nitrogens with one attached hydrogen (secondary N) is 1. The van der Waals surface area contributed by atoms with Crippen molar-refractivity contribution in [3.63, 3.8) is 0 Å². The van der Waals surface area contributed by atoms with Crippen LogP contribution >= 0.6 is 0 Å². The summed E-state index contributed by atoms with van der Waals surface area (Å²) in [6.45, 7) is 1.44. The first kappa shape index (κ1) is 19.0. The van der Waals surface area contributed by atoms with E-state index in [0.29, 0.717) is 43.6 Å². The number of H-pyrrole nitrogens is 1. The van der Waals surface area contributed by atoms with Crippen LogP contribution in [0.1, 0.15) is 10.4 Å². The third kappa shape index (κ3) is 4.71. The van der Waals surface area contributed by atoms with Crippen LogP contribution in [-0.4, -0.2) is 61.0 Å². The van der Waals surface area contributed by atoms with E-state index < -0.39 is 6.61 Å². The molecule has 0 spiro atoms. The van der Waals surface area contributed by atoms with Crippen molar-refractivity contribution in [1.82, 2.24) is 9.97 Å². The predicted molar refractivity (Wildman–Crippen MR) is 101 cm³/mol. The average Bonchev–Trinajstić information content (AvgIpc) is 3.13. The first-order valence-electron chi connectivity index (χ1n) is 8.65. The second-order valence-electron chi connectivity index (χ2n) is 5.85. The molecule has 27 heavy (non-hydrogen) atoms. The minimum Gasteiger partial charge on any atom is -0.490 e. The summed E-state index contributed by atoms with van der Waals surface area (Å²) >= 11 is 0. The molecule has 2 aromatic carbocycles. The third-order valence-electron chi connectivity index (χ3n) is 4.01. The quantitative estimate of drug-likeness (QED) is 0.421. The van der Waals surface area contributed by atoms with Crippen molar-refractivity contribution < 1.29 is 24.1 Å². The maximum absolute atomic E-state index is 11.7. The predicted octanol–water partition coefficient (Wildman–Crippen LogP) is 2.45. The van der Waals surface area contributed by atoms with Crippen molar-refractivity contribution in [3.8, 4) is 17.1 Å². The Morgan fingerprint density at radius 3 is 2.74 bits per heavy atom. The molecule has 0 aliphatic rings. The highest BCUT2D eigenvalue weighted by molar-refractivity contribution is 5.99. The van der Waals surface area contributed by atoms with E-state index in [4.69, 9.17) is 19.3 Å². The molecule has 0 aliphatic carbocycles. The number of benzene rings is 2. The Balaban J connectivity index is 1.77. The number of imidazole rings is 1. The van der Waals surface area contributed by atoms with Gasteiger partial charge in [-0.3, -0.25) is 4.79 Å². The normalized spacial score (nSPS) is 11.0. The fraction of sp³-hybridized carbons (Fsp3) is 0.300. The summed E-state index contributed by atoms with van der Waals surface area (Å²) in [5.74, 6) is 1.01. The molecule has 0 fully saturated rings. The van der Waals surface area contributed by atoms with E-state index in [1.807, 2.05) is 24.3 Å². The maximum Gasteiger partial charge on any atom is 0.188 e. The summed E-state index contributed by atoms with van der Waals surface area (Å²) in [4.78, 5) is 19.5. The van der Waals surface area contributed by atoms with Crippen molar-refractivity contribution in [3.05, 3.63) is 48.0 Å². The number of carbonyl (C=O) groups excluding carboxylic acids is 1. The van der Waals surface area contributed by atoms with Crippen molar-refractivity contribution in [1.29, 1.82) is 0 Å². The van der Waals surface area contributed by atoms with E-state index in [0.717, 1.165) is 16.6 Å². The number of para-hydroxylation sites is 1. The number of hydrogen-bond acceptors (Lipinski definition) is 6. The molecular weight excluding hydrogens is 348 g/mol. The average molecular weight is 370 g/mol. The minimum atomic E-state index is -0.518. The topological polar surface area (TPSA) is 93.7 Å². The van der Waals surface area contributed by atoms with Gasteiger partial charge in [-0.2, -0.15) is 0 Å². The molecule has 7 nitrogen and oxygen atoms in total. The van der Waals surface area contributed by atoms with Gasteiger partial charge in [0.25, 0.3) is 0 Å². The molecule has 3 aromatic rings. The van der Waals surface area contributed by atoms with E-state index in [-0.39, 0.29) is 5.78 Å². The van der Waals surface area contributed by atoms with E-state index in [9.17, 15) is 4.79 Å². The van der Waals surface area contributed by atoms with Crippen molar-refractivity contribution in [2.24, 2.45) is 0 Å². The van der Waals surface area contributed by atoms with Gasteiger partial charge >= 0.3 is 0 Å². The van der Waals surface area contributed by atoms with E-state index in [1.54, 1.807) is 25.3 Å². The lowest BCUT2D eigenvalue weighted by molar-refractivity contribution is 0.0545. The van der Waals surface area contributed by atoms with Crippen LogP contribution in [0.2, 0.25) is 0 Å². The highest BCUT2D eigenvalue weighted by Crippen LogP contribution is 2.29. The fourth-order valence-electron chi connectivity index (χ4n) is 2.64. The Morgan fingerprint density at radius 2 is 1.93 bits per heavy atom. The van der Waals surface area contributed by atoms with Gasteiger partial charge in [0.2, 0.25) is 0 Å². The summed E-state index contributed by atoms with van der Waals surface area (Å²) < 4.78 is 16.2. The number of hydrogen-bond donors (Lipinski definition) is 2.